The van der Waals surface area contributed by atoms with Crippen molar-refractivity contribution < 1.29 is 9.84 Å². The van der Waals surface area contributed by atoms with E-state index in [-0.39, 0.29) is 11.2 Å². The van der Waals surface area contributed by atoms with Crippen molar-refractivity contribution in [2.75, 3.05) is 31.2 Å². The average Bonchev–Trinajstić information content (AvgIpc) is 2.61. The standard InChI is InChI=1S/C21H26N2O2/c1-21(2,3)17-4-9-20(24)16(14-17)15-22-18-5-7-19(8-6-18)23-10-12-25-13-11-23/h4-9,14-15,24H,10-13H2,1-3H3. The lowest BCUT2D eigenvalue weighted by molar-refractivity contribution is 0.122. The molecule has 0 aliphatic carbocycles. The summed E-state index contributed by atoms with van der Waals surface area (Å²) < 4.78 is 5.39. The Kier molecular flexibility index (Phi) is 5.09. The molecule has 0 spiro atoms. The number of hydrogen-bond acceptors (Lipinski definition) is 4. The minimum absolute atomic E-state index is 0.0378. The first kappa shape index (κ1) is 17.5. The number of nitrogens with zero attached hydrogens (tertiary/aromatic N) is 2. The molecule has 1 heterocycles. The Morgan fingerprint density at radius 3 is 2.36 bits per heavy atom. The highest BCUT2D eigenvalue weighted by Gasteiger charge is 2.15. The van der Waals surface area contributed by atoms with Crippen molar-refractivity contribution in [3.05, 3.63) is 53.6 Å². The van der Waals surface area contributed by atoms with Gasteiger partial charge in [-0.2, -0.15) is 0 Å². The van der Waals surface area contributed by atoms with Crippen LogP contribution in [0, 0.1) is 0 Å². The van der Waals surface area contributed by atoms with Gasteiger partial charge >= 0.3 is 0 Å². The SMILES string of the molecule is CC(C)(C)c1ccc(O)c(C=Nc2ccc(N3CCOCC3)cc2)c1. The Hall–Kier alpha value is -2.33. The molecular formula is C21H26N2O2. The molecule has 0 atom stereocenters. The van der Waals surface area contributed by atoms with Crippen LogP contribution in [0.25, 0.3) is 0 Å². The van der Waals surface area contributed by atoms with Gasteiger partial charge < -0.3 is 14.7 Å². The van der Waals surface area contributed by atoms with Crippen molar-refractivity contribution in [1.29, 1.82) is 0 Å². The van der Waals surface area contributed by atoms with Gasteiger partial charge in [0.25, 0.3) is 0 Å². The van der Waals surface area contributed by atoms with Crippen LogP contribution in [0.2, 0.25) is 0 Å². The third kappa shape index (κ3) is 4.40. The normalized spacial score (nSPS) is 15.7. The fraction of sp³-hybridized carbons (Fsp3) is 0.381. The van der Waals surface area contributed by atoms with Crippen LogP contribution in [0.5, 0.6) is 5.75 Å². The molecule has 0 unspecified atom stereocenters. The van der Waals surface area contributed by atoms with Crippen LogP contribution in [0.4, 0.5) is 11.4 Å². The summed E-state index contributed by atoms with van der Waals surface area (Å²) in [5, 5.41) is 10.1. The lowest BCUT2D eigenvalue weighted by Gasteiger charge is -2.28. The molecular weight excluding hydrogens is 312 g/mol. The first-order valence-corrected chi connectivity index (χ1v) is 8.74. The number of benzene rings is 2. The molecule has 1 aliphatic rings. The number of rotatable bonds is 3. The molecule has 25 heavy (non-hydrogen) atoms. The summed E-state index contributed by atoms with van der Waals surface area (Å²) in [6, 6.07) is 13.9. The van der Waals surface area contributed by atoms with Gasteiger partial charge in [-0.05, 0) is 47.4 Å². The summed E-state index contributed by atoms with van der Waals surface area (Å²) >= 11 is 0. The van der Waals surface area contributed by atoms with E-state index < -0.39 is 0 Å². The molecule has 0 bridgehead atoms. The van der Waals surface area contributed by atoms with Gasteiger partial charge in [0.15, 0.2) is 0 Å². The molecule has 0 amide bonds. The second-order valence-electron chi connectivity index (χ2n) is 7.40. The molecule has 132 valence electrons. The van der Waals surface area contributed by atoms with Crippen molar-refractivity contribution in [3.8, 4) is 5.75 Å². The molecule has 1 saturated heterocycles. The van der Waals surface area contributed by atoms with Crippen LogP contribution in [0.1, 0.15) is 31.9 Å². The van der Waals surface area contributed by atoms with Crippen molar-refractivity contribution in [1.82, 2.24) is 0 Å². The van der Waals surface area contributed by atoms with Gasteiger partial charge in [-0.3, -0.25) is 4.99 Å². The molecule has 4 nitrogen and oxygen atoms in total. The summed E-state index contributed by atoms with van der Waals surface area (Å²) in [4.78, 5) is 6.83. The number of aliphatic imine (C=N–C) groups is 1. The Balaban J connectivity index is 1.75. The number of aromatic hydroxyl groups is 1. The fourth-order valence-corrected chi connectivity index (χ4v) is 2.84. The van der Waals surface area contributed by atoms with E-state index in [4.69, 9.17) is 4.74 Å². The summed E-state index contributed by atoms with van der Waals surface area (Å²) in [5.41, 5.74) is 4.02. The Morgan fingerprint density at radius 2 is 1.72 bits per heavy atom. The third-order valence-electron chi connectivity index (χ3n) is 4.47. The molecule has 1 fully saturated rings. The van der Waals surface area contributed by atoms with E-state index in [1.54, 1.807) is 12.3 Å². The van der Waals surface area contributed by atoms with E-state index in [2.05, 4.69) is 42.8 Å². The van der Waals surface area contributed by atoms with E-state index >= 15 is 0 Å². The minimum Gasteiger partial charge on any atom is -0.507 e. The number of morpholine rings is 1. The average molecular weight is 338 g/mol. The second kappa shape index (κ2) is 7.28. The molecule has 2 aromatic carbocycles. The number of ether oxygens (including phenoxy) is 1. The van der Waals surface area contributed by atoms with E-state index in [9.17, 15) is 5.11 Å². The Bertz CT molecular complexity index is 739. The second-order valence-corrected chi connectivity index (χ2v) is 7.40. The Morgan fingerprint density at radius 1 is 1.04 bits per heavy atom. The molecule has 0 radical (unpaired) electrons. The van der Waals surface area contributed by atoms with Crippen LogP contribution in [0.3, 0.4) is 0 Å². The molecule has 3 rings (SSSR count). The third-order valence-corrected chi connectivity index (χ3v) is 4.47. The van der Waals surface area contributed by atoms with Crippen LogP contribution in [-0.2, 0) is 10.2 Å². The predicted octanol–water partition coefficient (Wildman–Crippen LogP) is 4.28. The van der Waals surface area contributed by atoms with Crippen molar-refractivity contribution >= 4 is 17.6 Å². The van der Waals surface area contributed by atoms with Crippen molar-refractivity contribution in [2.45, 2.75) is 26.2 Å². The van der Waals surface area contributed by atoms with Crippen LogP contribution < -0.4 is 4.90 Å². The first-order chi connectivity index (χ1) is 11.9. The smallest absolute Gasteiger partial charge is 0.124 e. The number of hydrogen-bond donors (Lipinski definition) is 1. The predicted molar refractivity (Wildman–Crippen MR) is 104 cm³/mol. The van der Waals surface area contributed by atoms with E-state index in [0.29, 0.717) is 0 Å². The molecule has 1 aliphatic heterocycles. The lowest BCUT2D eigenvalue weighted by Crippen LogP contribution is -2.36. The van der Waals surface area contributed by atoms with Crippen molar-refractivity contribution in [3.63, 3.8) is 0 Å². The van der Waals surface area contributed by atoms with E-state index in [1.165, 1.54) is 11.3 Å². The quantitative estimate of drug-likeness (QED) is 0.850. The monoisotopic (exact) mass is 338 g/mol. The molecule has 0 saturated carbocycles. The highest BCUT2D eigenvalue weighted by molar-refractivity contribution is 5.85. The highest BCUT2D eigenvalue weighted by atomic mass is 16.5. The fourth-order valence-electron chi connectivity index (χ4n) is 2.84. The number of phenols is 1. The maximum Gasteiger partial charge on any atom is 0.124 e. The topological polar surface area (TPSA) is 45.1 Å². The van der Waals surface area contributed by atoms with Gasteiger partial charge in [0.2, 0.25) is 0 Å². The van der Waals surface area contributed by atoms with Gasteiger partial charge in [-0.1, -0.05) is 26.8 Å². The van der Waals surface area contributed by atoms with Crippen LogP contribution >= 0.6 is 0 Å². The summed E-state index contributed by atoms with van der Waals surface area (Å²) in [6.07, 6.45) is 1.73. The van der Waals surface area contributed by atoms with E-state index in [1.807, 2.05) is 24.3 Å². The summed E-state index contributed by atoms with van der Waals surface area (Å²) in [7, 11) is 0. The first-order valence-electron chi connectivity index (χ1n) is 8.74. The largest absolute Gasteiger partial charge is 0.507 e. The van der Waals surface area contributed by atoms with Gasteiger partial charge in [0, 0.05) is 30.6 Å². The van der Waals surface area contributed by atoms with Crippen molar-refractivity contribution in [2.24, 2.45) is 4.99 Å². The number of phenolic OH excluding ortho intramolecular Hbond substituents is 1. The molecule has 4 heteroatoms. The van der Waals surface area contributed by atoms with E-state index in [0.717, 1.165) is 37.6 Å². The number of anilines is 1. The summed E-state index contributed by atoms with van der Waals surface area (Å²) in [6.45, 7) is 9.89. The van der Waals surface area contributed by atoms with Gasteiger partial charge in [0.1, 0.15) is 5.75 Å². The maximum atomic E-state index is 10.1. The molecule has 0 aromatic heterocycles. The zero-order valence-corrected chi connectivity index (χ0v) is 15.2. The lowest BCUT2D eigenvalue weighted by atomic mass is 9.86. The van der Waals surface area contributed by atoms with Gasteiger partial charge in [0.05, 0.1) is 18.9 Å². The summed E-state index contributed by atoms with van der Waals surface area (Å²) in [5.74, 6) is 0.252. The minimum atomic E-state index is 0.0378. The molecule has 1 N–H and O–H groups in total. The highest BCUT2D eigenvalue weighted by Crippen LogP contribution is 2.27. The zero-order chi connectivity index (χ0) is 17.9. The zero-order valence-electron chi connectivity index (χ0n) is 15.2. The van der Waals surface area contributed by atoms with Crippen LogP contribution in [-0.4, -0.2) is 37.6 Å². The van der Waals surface area contributed by atoms with Gasteiger partial charge in [-0.15, -0.1) is 0 Å². The maximum absolute atomic E-state index is 10.1. The Labute approximate surface area is 149 Å². The molecule has 2 aromatic rings. The van der Waals surface area contributed by atoms with Crippen LogP contribution in [0.15, 0.2) is 47.5 Å². The van der Waals surface area contributed by atoms with Gasteiger partial charge in [-0.25, -0.2) is 0 Å².